The quantitative estimate of drug-likeness (QED) is 0.398. The molecular formula is C28H31F2NO. The van der Waals surface area contributed by atoms with Crippen LogP contribution in [-0.2, 0) is 5.41 Å². The predicted molar refractivity (Wildman–Crippen MR) is 125 cm³/mol. The van der Waals surface area contributed by atoms with Gasteiger partial charge >= 0.3 is 0 Å². The summed E-state index contributed by atoms with van der Waals surface area (Å²) in [4.78, 5) is 2.53. The van der Waals surface area contributed by atoms with Gasteiger partial charge in [-0.3, -0.25) is 0 Å². The Morgan fingerprint density at radius 1 is 0.938 bits per heavy atom. The molecule has 1 heterocycles. The number of hydrogen-bond donors (Lipinski definition) is 0. The molecule has 0 saturated carbocycles. The summed E-state index contributed by atoms with van der Waals surface area (Å²) in [5.74, 6) is 0.563. The SMILES string of the molecule is COc1cccc(C2(C)CCN(CCCC(c3ccc(F)cc3)c3ccc(F)cc3)C2)c1. The minimum absolute atomic E-state index is 0.127. The molecule has 168 valence electrons. The Hall–Kier alpha value is -2.72. The van der Waals surface area contributed by atoms with Crippen molar-refractivity contribution < 1.29 is 13.5 Å². The third kappa shape index (κ3) is 5.18. The minimum atomic E-state index is -0.236. The van der Waals surface area contributed by atoms with Crippen LogP contribution in [0.1, 0.15) is 48.8 Å². The Labute approximate surface area is 189 Å². The van der Waals surface area contributed by atoms with Crippen LogP contribution in [-0.4, -0.2) is 31.6 Å². The summed E-state index contributed by atoms with van der Waals surface area (Å²) in [6.45, 7) is 5.45. The lowest BCUT2D eigenvalue weighted by molar-refractivity contribution is 0.307. The van der Waals surface area contributed by atoms with E-state index in [0.29, 0.717) is 0 Å². The first-order chi connectivity index (χ1) is 15.5. The standard InChI is InChI=1S/C28H31F2NO/c1-28(23-5-3-6-26(19-23)32-2)16-18-31(20-28)17-4-7-27(21-8-12-24(29)13-9-21)22-10-14-25(30)15-11-22/h3,5-6,8-15,19,27H,4,7,16-18,20H2,1-2H3. The van der Waals surface area contributed by atoms with E-state index >= 15 is 0 Å². The molecule has 1 unspecified atom stereocenters. The van der Waals surface area contributed by atoms with Crippen molar-refractivity contribution in [1.82, 2.24) is 4.90 Å². The zero-order valence-corrected chi connectivity index (χ0v) is 18.9. The Balaban J connectivity index is 1.41. The van der Waals surface area contributed by atoms with Crippen molar-refractivity contribution in [2.24, 2.45) is 0 Å². The summed E-state index contributed by atoms with van der Waals surface area (Å²) in [6.07, 6.45) is 3.08. The Morgan fingerprint density at radius 2 is 1.56 bits per heavy atom. The third-order valence-electron chi connectivity index (χ3n) is 6.83. The lowest BCUT2D eigenvalue weighted by Crippen LogP contribution is -2.29. The van der Waals surface area contributed by atoms with E-state index in [2.05, 4.69) is 30.0 Å². The lowest BCUT2D eigenvalue weighted by Gasteiger charge is -2.26. The van der Waals surface area contributed by atoms with Gasteiger partial charge in [-0.25, -0.2) is 8.78 Å². The van der Waals surface area contributed by atoms with E-state index in [1.165, 1.54) is 29.8 Å². The number of nitrogens with zero attached hydrogens (tertiary/aromatic N) is 1. The highest BCUT2D eigenvalue weighted by Gasteiger charge is 2.35. The zero-order chi connectivity index (χ0) is 22.6. The number of benzene rings is 3. The maximum atomic E-state index is 13.5. The van der Waals surface area contributed by atoms with Gasteiger partial charge in [-0.05, 0) is 85.4 Å². The van der Waals surface area contributed by atoms with Gasteiger partial charge < -0.3 is 9.64 Å². The highest BCUT2D eigenvalue weighted by molar-refractivity contribution is 5.35. The average molecular weight is 436 g/mol. The molecule has 3 aromatic carbocycles. The van der Waals surface area contributed by atoms with Crippen molar-refractivity contribution in [1.29, 1.82) is 0 Å². The fourth-order valence-electron chi connectivity index (χ4n) is 4.92. The largest absolute Gasteiger partial charge is 0.497 e. The summed E-state index contributed by atoms with van der Waals surface area (Å²) in [5.41, 5.74) is 3.60. The minimum Gasteiger partial charge on any atom is -0.497 e. The van der Waals surface area contributed by atoms with E-state index in [1.54, 1.807) is 7.11 Å². The van der Waals surface area contributed by atoms with Gasteiger partial charge in [0, 0.05) is 17.9 Å². The predicted octanol–water partition coefficient (Wildman–Crippen LogP) is 6.55. The maximum absolute atomic E-state index is 13.5. The van der Waals surface area contributed by atoms with Crippen LogP contribution in [0.15, 0.2) is 72.8 Å². The molecule has 0 radical (unpaired) electrons. The van der Waals surface area contributed by atoms with Crippen LogP contribution in [0.2, 0.25) is 0 Å². The average Bonchev–Trinajstić information content (AvgIpc) is 3.20. The molecule has 0 bridgehead atoms. The third-order valence-corrected chi connectivity index (χ3v) is 6.83. The highest BCUT2D eigenvalue weighted by atomic mass is 19.1. The molecule has 0 aliphatic carbocycles. The summed E-state index contributed by atoms with van der Waals surface area (Å²) in [7, 11) is 1.71. The molecule has 0 spiro atoms. The first-order valence-electron chi connectivity index (χ1n) is 11.3. The van der Waals surface area contributed by atoms with E-state index in [9.17, 15) is 8.78 Å². The molecule has 3 aromatic rings. The fraction of sp³-hybridized carbons (Fsp3) is 0.357. The first-order valence-corrected chi connectivity index (χ1v) is 11.3. The molecule has 1 aliphatic rings. The molecule has 1 saturated heterocycles. The number of likely N-dealkylation sites (tertiary alicyclic amines) is 1. The van der Waals surface area contributed by atoms with Crippen molar-refractivity contribution >= 4 is 0 Å². The molecule has 4 rings (SSSR count). The van der Waals surface area contributed by atoms with Gasteiger partial charge in [0.2, 0.25) is 0 Å². The molecule has 0 amide bonds. The van der Waals surface area contributed by atoms with Gasteiger partial charge in [0.05, 0.1) is 7.11 Å². The lowest BCUT2D eigenvalue weighted by atomic mass is 9.82. The Morgan fingerprint density at radius 3 is 2.16 bits per heavy atom. The molecule has 4 heteroatoms. The molecule has 1 fully saturated rings. The maximum Gasteiger partial charge on any atom is 0.123 e. The summed E-state index contributed by atoms with van der Waals surface area (Å²) >= 11 is 0. The monoisotopic (exact) mass is 435 g/mol. The fourth-order valence-corrected chi connectivity index (χ4v) is 4.92. The molecule has 32 heavy (non-hydrogen) atoms. The van der Waals surface area contributed by atoms with Crippen molar-refractivity contribution in [2.75, 3.05) is 26.7 Å². The van der Waals surface area contributed by atoms with Crippen molar-refractivity contribution in [3.63, 3.8) is 0 Å². The van der Waals surface area contributed by atoms with Crippen LogP contribution >= 0.6 is 0 Å². The number of hydrogen-bond acceptors (Lipinski definition) is 2. The van der Waals surface area contributed by atoms with Gasteiger partial charge in [0.1, 0.15) is 17.4 Å². The van der Waals surface area contributed by atoms with E-state index in [-0.39, 0.29) is 23.0 Å². The topological polar surface area (TPSA) is 12.5 Å². The Bertz CT molecular complexity index is 973. The van der Waals surface area contributed by atoms with Crippen LogP contribution in [0.25, 0.3) is 0 Å². The Kier molecular flexibility index (Phi) is 6.90. The van der Waals surface area contributed by atoms with E-state index < -0.39 is 0 Å². The number of methoxy groups -OCH3 is 1. The highest BCUT2D eigenvalue weighted by Crippen LogP contribution is 2.36. The normalized spacial score (nSPS) is 18.9. The van der Waals surface area contributed by atoms with Crippen LogP contribution in [0.5, 0.6) is 5.75 Å². The van der Waals surface area contributed by atoms with Crippen LogP contribution in [0, 0.1) is 11.6 Å². The van der Waals surface area contributed by atoms with Crippen LogP contribution < -0.4 is 4.74 Å². The van der Waals surface area contributed by atoms with Crippen molar-refractivity contribution in [3.05, 3.63) is 101 Å². The number of rotatable bonds is 8. The van der Waals surface area contributed by atoms with Gasteiger partial charge in [0.15, 0.2) is 0 Å². The van der Waals surface area contributed by atoms with Gasteiger partial charge in [-0.15, -0.1) is 0 Å². The molecule has 1 atom stereocenters. The smallest absolute Gasteiger partial charge is 0.123 e. The molecule has 0 aromatic heterocycles. The van der Waals surface area contributed by atoms with E-state index in [0.717, 1.165) is 55.8 Å². The number of halogens is 2. The molecule has 0 N–H and O–H groups in total. The molecular weight excluding hydrogens is 404 g/mol. The second-order valence-corrected chi connectivity index (χ2v) is 9.12. The van der Waals surface area contributed by atoms with Crippen molar-refractivity contribution in [3.8, 4) is 5.75 Å². The summed E-state index contributed by atoms with van der Waals surface area (Å²) in [5, 5.41) is 0. The zero-order valence-electron chi connectivity index (χ0n) is 18.9. The second-order valence-electron chi connectivity index (χ2n) is 9.12. The van der Waals surface area contributed by atoms with Gasteiger partial charge in [-0.1, -0.05) is 43.3 Å². The number of ether oxygens (including phenoxy) is 1. The van der Waals surface area contributed by atoms with Crippen LogP contribution in [0.4, 0.5) is 8.78 Å². The van der Waals surface area contributed by atoms with E-state index in [1.807, 2.05) is 30.3 Å². The molecule has 1 aliphatic heterocycles. The van der Waals surface area contributed by atoms with Crippen LogP contribution in [0.3, 0.4) is 0 Å². The van der Waals surface area contributed by atoms with Crippen molar-refractivity contribution in [2.45, 2.75) is 37.5 Å². The van der Waals surface area contributed by atoms with Gasteiger partial charge in [0.25, 0.3) is 0 Å². The van der Waals surface area contributed by atoms with E-state index in [4.69, 9.17) is 4.74 Å². The summed E-state index contributed by atoms with van der Waals surface area (Å²) in [6, 6.07) is 21.8. The molecule has 2 nitrogen and oxygen atoms in total. The van der Waals surface area contributed by atoms with Gasteiger partial charge in [-0.2, -0.15) is 0 Å². The first kappa shape index (κ1) is 22.5. The summed E-state index contributed by atoms with van der Waals surface area (Å²) < 4.78 is 32.3. The second kappa shape index (κ2) is 9.83.